The van der Waals surface area contributed by atoms with Crippen molar-refractivity contribution >= 4 is 17.7 Å². The predicted octanol–water partition coefficient (Wildman–Crippen LogP) is 11.5. The van der Waals surface area contributed by atoms with Gasteiger partial charge in [-0.1, -0.05) is 159 Å². The van der Waals surface area contributed by atoms with Crippen LogP contribution in [-0.4, -0.2) is 0 Å². The molecule has 0 spiro atoms. The highest BCUT2D eigenvalue weighted by Crippen LogP contribution is 2.59. The van der Waals surface area contributed by atoms with Gasteiger partial charge in [-0.3, -0.25) is 0 Å². The molecule has 1 aliphatic carbocycles. The zero-order chi connectivity index (χ0) is 32.4. The molecular formula is C46H37N. The van der Waals surface area contributed by atoms with E-state index >= 15 is 0 Å². The molecule has 6 aromatic rings. The molecule has 0 heterocycles. The van der Waals surface area contributed by atoms with E-state index in [4.69, 9.17) is 5.73 Å². The first-order valence-corrected chi connectivity index (χ1v) is 16.1. The number of nitrogens with two attached hydrogens (primary N) is 1. The Balaban J connectivity index is 1.63. The fourth-order valence-electron chi connectivity index (χ4n) is 7.44. The maximum Gasteiger partial charge on any atom is 0.0714 e. The minimum Gasteiger partial charge on any atom is -0.404 e. The summed E-state index contributed by atoms with van der Waals surface area (Å²) in [4.78, 5) is 0. The van der Waals surface area contributed by atoms with Gasteiger partial charge in [-0.25, -0.2) is 0 Å². The second kappa shape index (κ2) is 12.5. The predicted molar refractivity (Wildman–Crippen MR) is 202 cm³/mol. The maximum atomic E-state index is 5.96. The Hall–Kier alpha value is -5.92. The molecule has 0 aromatic heterocycles. The van der Waals surface area contributed by atoms with E-state index in [1.807, 2.05) is 6.08 Å². The normalized spacial score (nSPS) is 13.3. The number of allylic oxidation sites excluding steroid dienone is 3. The average molecular weight is 604 g/mol. The van der Waals surface area contributed by atoms with Crippen LogP contribution >= 0.6 is 0 Å². The third-order valence-corrected chi connectivity index (χ3v) is 9.47. The lowest BCUT2D eigenvalue weighted by Crippen LogP contribution is -2.28. The van der Waals surface area contributed by atoms with Gasteiger partial charge in [0.1, 0.15) is 0 Å². The van der Waals surface area contributed by atoms with Gasteiger partial charge < -0.3 is 5.73 Å². The lowest BCUT2D eigenvalue weighted by molar-refractivity contribution is 0.769. The summed E-state index contributed by atoms with van der Waals surface area (Å²) >= 11 is 0. The van der Waals surface area contributed by atoms with Crippen LogP contribution in [0.2, 0.25) is 0 Å². The third-order valence-electron chi connectivity index (χ3n) is 9.47. The van der Waals surface area contributed by atoms with Crippen molar-refractivity contribution < 1.29 is 0 Å². The molecule has 0 bridgehead atoms. The van der Waals surface area contributed by atoms with Crippen LogP contribution in [0.1, 0.15) is 45.9 Å². The smallest absolute Gasteiger partial charge is 0.0714 e. The van der Waals surface area contributed by atoms with Crippen LogP contribution in [0.5, 0.6) is 0 Å². The quantitative estimate of drug-likeness (QED) is 0.172. The van der Waals surface area contributed by atoms with E-state index in [2.05, 4.69) is 172 Å². The number of benzene rings is 6. The van der Waals surface area contributed by atoms with Crippen molar-refractivity contribution in [2.45, 2.75) is 12.3 Å². The second-order valence-electron chi connectivity index (χ2n) is 11.9. The summed E-state index contributed by atoms with van der Waals surface area (Å²) in [7, 11) is 0. The molecule has 1 aliphatic rings. The minimum absolute atomic E-state index is 0.569. The molecule has 2 N–H and O–H groups in total. The Morgan fingerprint density at radius 3 is 1.81 bits per heavy atom. The van der Waals surface area contributed by atoms with Crippen LogP contribution in [0.3, 0.4) is 0 Å². The van der Waals surface area contributed by atoms with Gasteiger partial charge in [0.2, 0.25) is 0 Å². The maximum absolute atomic E-state index is 5.96. The SMILES string of the molecule is C=C/C(=C\N)c1cccc(-c2ccc3c(c2)C(c2ccccc2)(c2ccccc2)c2cc(-c4ccccc4)c(/C=C\C)c(C=C)c2-3)c1. The topological polar surface area (TPSA) is 26.0 Å². The Labute approximate surface area is 278 Å². The summed E-state index contributed by atoms with van der Waals surface area (Å²) in [5, 5.41) is 0. The Morgan fingerprint density at radius 2 is 1.21 bits per heavy atom. The van der Waals surface area contributed by atoms with Gasteiger partial charge in [0.15, 0.2) is 0 Å². The highest BCUT2D eigenvalue weighted by atomic mass is 14.5. The molecule has 0 atom stereocenters. The van der Waals surface area contributed by atoms with Crippen molar-refractivity contribution in [1.29, 1.82) is 0 Å². The lowest BCUT2D eigenvalue weighted by atomic mass is 9.66. The summed E-state index contributed by atoms with van der Waals surface area (Å²) in [5.41, 5.74) is 21.7. The van der Waals surface area contributed by atoms with Crippen molar-refractivity contribution in [3.8, 4) is 33.4 Å². The second-order valence-corrected chi connectivity index (χ2v) is 11.9. The fraction of sp³-hybridized carbons (Fsp3) is 0.0435. The van der Waals surface area contributed by atoms with Crippen molar-refractivity contribution in [1.82, 2.24) is 0 Å². The van der Waals surface area contributed by atoms with Crippen LogP contribution in [-0.2, 0) is 5.41 Å². The first kappa shape index (κ1) is 29.8. The van der Waals surface area contributed by atoms with Crippen molar-refractivity contribution in [2.24, 2.45) is 5.73 Å². The Kier molecular flexibility index (Phi) is 7.90. The van der Waals surface area contributed by atoms with Crippen LogP contribution in [0.25, 0.3) is 51.1 Å². The average Bonchev–Trinajstić information content (AvgIpc) is 3.43. The zero-order valence-corrected chi connectivity index (χ0v) is 26.7. The molecule has 0 aliphatic heterocycles. The molecule has 1 heteroatoms. The first-order valence-electron chi connectivity index (χ1n) is 16.1. The largest absolute Gasteiger partial charge is 0.404 e. The molecule has 0 unspecified atom stereocenters. The van der Waals surface area contributed by atoms with Gasteiger partial charge in [0.25, 0.3) is 0 Å². The Morgan fingerprint density at radius 1 is 0.596 bits per heavy atom. The van der Waals surface area contributed by atoms with E-state index < -0.39 is 5.41 Å². The highest BCUT2D eigenvalue weighted by molar-refractivity contribution is 5.98. The third kappa shape index (κ3) is 4.80. The number of rotatable bonds is 8. The van der Waals surface area contributed by atoms with Crippen LogP contribution in [0, 0.1) is 0 Å². The van der Waals surface area contributed by atoms with Crippen LogP contribution in [0.4, 0.5) is 0 Å². The molecule has 226 valence electrons. The summed E-state index contributed by atoms with van der Waals surface area (Å²) in [6.07, 6.45) is 9.82. The van der Waals surface area contributed by atoms with Gasteiger partial charge >= 0.3 is 0 Å². The monoisotopic (exact) mass is 603 g/mol. The van der Waals surface area contributed by atoms with E-state index in [9.17, 15) is 0 Å². The fourth-order valence-corrected chi connectivity index (χ4v) is 7.44. The molecule has 47 heavy (non-hydrogen) atoms. The summed E-state index contributed by atoms with van der Waals surface area (Å²) in [5.74, 6) is 0. The summed E-state index contributed by atoms with van der Waals surface area (Å²) < 4.78 is 0. The van der Waals surface area contributed by atoms with Crippen molar-refractivity contribution in [2.75, 3.05) is 0 Å². The molecule has 6 aromatic carbocycles. The minimum atomic E-state index is -0.569. The molecule has 0 saturated carbocycles. The first-order chi connectivity index (χ1) is 23.1. The van der Waals surface area contributed by atoms with Crippen molar-refractivity contribution in [3.05, 3.63) is 210 Å². The molecule has 7 rings (SSSR count). The van der Waals surface area contributed by atoms with Crippen LogP contribution in [0.15, 0.2) is 171 Å². The van der Waals surface area contributed by atoms with Crippen LogP contribution < -0.4 is 5.73 Å². The van der Waals surface area contributed by atoms with Gasteiger partial charge in [-0.15, -0.1) is 0 Å². The van der Waals surface area contributed by atoms with E-state index in [0.717, 1.165) is 27.8 Å². The van der Waals surface area contributed by atoms with E-state index in [0.29, 0.717) is 0 Å². The highest BCUT2D eigenvalue weighted by Gasteiger charge is 2.47. The van der Waals surface area contributed by atoms with Gasteiger partial charge in [0.05, 0.1) is 5.41 Å². The number of fused-ring (bicyclic) bond motifs is 3. The van der Waals surface area contributed by atoms with Crippen molar-refractivity contribution in [3.63, 3.8) is 0 Å². The Bertz CT molecular complexity index is 2130. The number of hydrogen-bond acceptors (Lipinski definition) is 1. The van der Waals surface area contributed by atoms with E-state index in [1.165, 1.54) is 50.1 Å². The molecule has 0 fully saturated rings. The molecule has 1 nitrogen and oxygen atoms in total. The standard InChI is InChI=1S/C46H37N/c1-4-17-40-39(6-3)45-41-27-26-36(35-21-16-20-34(28-35)32(5-2)31-47)29-43(41)46(37-22-12-8-13-23-37,38-24-14-9-15-25-38)44(45)30-42(40)33-18-10-7-11-19-33/h4-31H,2-3,47H2,1H3/b17-4-,32-31+. The molecule has 0 radical (unpaired) electrons. The van der Waals surface area contributed by atoms with E-state index in [1.54, 1.807) is 12.3 Å². The summed E-state index contributed by atoms with van der Waals surface area (Å²) in [6.45, 7) is 10.5. The van der Waals surface area contributed by atoms with Gasteiger partial charge in [0, 0.05) is 6.20 Å². The molecule has 0 saturated heterocycles. The van der Waals surface area contributed by atoms with E-state index in [-0.39, 0.29) is 0 Å². The zero-order valence-electron chi connectivity index (χ0n) is 26.7. The number of hydrogen-bond donors (Lipinski definition) is 1. The molecule has 0 amide bonds. The lowest BCUT2D eigenvalue weighted by Gasteiger charge is -2.34. The molecular weight excluding hydrogens is 567 g/mol. The summed E-state index contributed by atoms with van der Waals surface area (Å²) in [6, 6.07) is 50.6. The van der Waals surface area contributed by atoms with Gasteiger partial charge in [-0.2, -0.15) is 0 Å². The van der Waals surface area contributed by atoms with Gasteiger partial charge in [-0.05, 0) is 103 Å².